The van der Waals surface area contributed by atoms with Gasteiger partial charge < -0.3 is 10.3 Å². The van der Waals surface area contributed by atoms with E-state index in [2.05, 4.69) is 25.3 Å². The van der Waals surface area contributed by atoms with Gasteiger partial charge in [0.2, 0.25) is 5.91 Å². The Hall–Kier alpha value is -3.58. The predicted octanol–water partition coefficient (Wildman–Crippen LogP) is 4.81. The summed E-state index contributed by atoms with van der Waals surface area (Å²) in [4.78, 5) is 40.1. The van der Waals surface area contributed by atoms with Crippen LogP contribution in [0.1, 0.15) is 29.9 Å². The molecule has 0 spiro atoms. The number of fused-ring (bicyclic) bond motifs is 1. The maximum atomic E-state index is 12.2. The normalized spacial score (nSPS) is 10.9. The summed E-state index contributed by atoms with van der Waals surface area (Å²) < 4.78 is 0. The second-order valence-electron chi connectivity index (χ2n) is 6.95. The Kier molecular flexibility index (Phi) is 5.05. The highest BCUT2D eigenvalue weighted by Gasteiger charge is 2.21. The summed E-state index contributed by atoms with van der Waals surface area (Å²) in [5.41, 5.74) is 5.59. The highest BCUT2D eigenvalue weighted by atomic mass is 35.5. The number of carbonyl (C=O) groups excluding carboxylic acids is 2. The summed E-state index contributed by atoms with van der Waals surface area (Å²) in [5.74, 6) is 0.0790. The van der Waals surface area contributed by atoms with Crippen molar-refractivity contribution in [3.05, 3.63) is 59.1 Å². The van der Waals surface area contributed by atoms with Crippen molar-refractivity contribution in [3.8, 4) is 22.4 Å². The molecule has 0 aromatic carbocycles. The number of aromatic amines is 1. The Morgan fingerprint density at radius 1 is 1.07 bits per heavy atom. The van der Waals surface area contributed by atoms with Crippen LogP contribution in [0.15, 0.2) is 42.7 Å². The standard InChI is InChI=1S/C22H18ClN5O2/c1-11-4-5-15(10-25-11)19-20(14-6-7-24-18(8-14)26-13(3)30)28-21-16(12(2)29)9-17(23)27-22(19)21/h4-10,28H,1-3H3,(H,24,26,30). The van der Waals surface area contributed by atoms with E-state index >= 15 is 0 Å². The van der Waals surface area contributed by atoms with Crippen LogP contribution in [-0.4, -0.2) is 31.6 Å². The van der Waals surface area contributed by atoms with Crippen molar-refractivity contribution in [1.29, 1.82) is 0 Å². The molecule has 7 nitrogen and oxygen atoms in total. The third kappa shape index (κ3) is 3.67. The first-order valence-electron chi connectivity index (χ1n) is 9.23. The molecule has 0 aliphatic heterocycles. The molecule has 0 saturated carbocycles. The summed E-state index contributed by atoms with van der Waals surface area (Å²) in [6, 6.07) is 8.98. The zero-order valence-corrected chi connectivity index (χ0v) is 17.3. The second kappa shape index (κ2) is 7.68. The van der Waals surface area contributed by atoms with E-state index in [0.717, 1.165) is 28.1 Å². The molecule has 2 N–H and O–H groups in total. The van der Waals surface area contributed by atoms with Gasteiger partial charge in [-0.15, -0.1) is 0 Å². The molecule has 0 aliphatic rings. The fraction of sp³-hybridized carbons (Fsp3) is 0.136. The number of anilines is 1. The second-order valence-corrected chi connectivity index (χ2v) is 7.33. The van der Waals surface area contributed by atoms with Crippen LogP contribution < -0.4 is 5.32 Å². The minimum atomic E-state index is -0.216. The molecular weight excluding hydrogens is 402 g/mol. The Morgan fingerprint density at radius 3 is 2.53 bits per heavy atom. The number of amides is 1. The number of Topliss-reactive ketones (excluding diaryl/α,β-unsaturated/α-hetero) is 1. The van der Waals surface area contributed by atoms with Gasteiger partial charge in [-0.05, 0) is 38.1 Å². The number of nitrogens with one attached hydrogen (secondary N) is 2. The van der Waals surface area contributed by atoms with Gasteiger partial charge in [0.05, 0.1) is 16.7 Å². The lowest BCUT2D eigenvalue weighted by Crippen LogP contribution is -2.07. The summed E-state index contributed by atoms with van der Waals surface area (Å²) >= 11 is 6.24. The lowest BCUT2D eigenvalue weighted by atomic mass is 10.0. The van der Waals surface area contributed by atoms with Crippen molar-refractivity contribution in [2.24, 2.45) is 0 Å². The van der Waals surface area contributed by atoms with Gasteiger partial charge in [-0.3, -0.25) is 14.6 Å². The van der Waals surface area contributed by atoms with Gasteiger partial charge >= 0.3 is 0 Å². The van der Waals surface area contributed by atoms with Crippen LogP contribution in [0.5, 0.6) is 0 Å². The minimum absolute atomic E-state index is 0.126. The molecule has 4 aromatic rings. The molecule has 0 unspecified atom stereocenters. The van der Waals surface area contributed by atoms with Crippen molar-refractivity contribution < 1.29 is 9.59 Å². The van der Waals surface area contributed by atoms with Gasteiger partial charge in [0.25, 0.3) is 0 Å². The number of aryl methyl sites for hydroxylation is 1. The molecule has 0 saturated heterocycles. The van der Waals surface area contributed by atoms with Crippen LogP contribution in [-0.2, 0) is 4.79 Å². The van der Waals surface area contributed by atoms with Crippen LogP contribution in [0.2, 0.25) is 5.15 Å². The quantitative estimate of drug-likeness (QED) is 0.365. The number of pyridine rings is 3. The first-order valence-corrected chi connectivity index (χ1v) is 9.61. The highest BCUT2D eigenvalue weighted by Crippen LogP contribution is 2.39. The van der Waals surface area contributed by atoms with Crippen molar-refractivity contribution in [2.75, 3.05) is 5.32 Å². The number of hydrogen-bond donors (Lipinski definition) is 2. The summed E-state index contributed by atoms with van der Waals surface area (Å²) in [6.45, 7) is 4.82. The summed E-state index contributed by atoms with van der Waals surface area (Å²) in [5, 5.41) is 2.92. The average molecular weight is 420 g/mol. The highest BCUT2D eigenvalue weighted by molar-refractivity contribution is 6.30. The molecule has 0 radical (unpaired) electrons. The van der Waals surface area contributed by atoms with Gasteiger partial charge in [-0.1, -0.05) is 17.7 Å². The lowest BCUT2D eigenvalue weighted by Gasteiger charge is -2.07. The van der Waals surface area contributed by atoms with Crippen LogP contribution in [0.3, 0.4) is 0 Å². The largest absolute Gasteiger partial charge is 0.352 e. The van der Waals surface area contributed by atoms with E-state index < -0.39 is 0 Å². The molecule has 150 valence electrons. The van der Waals surface area contributed by atoms with Gasteiger partial charge in [0.15, 0.2) is 5.78 Å². The Bertz CT molecular complexity index is 1300. The van der Waals surface area contributed by atoms with E-state index in [9.17, 15) is 9.59 Å². The predicted molar refractivity (Wildman–Crippen MR) is 117 cm³/mol. The molecule has 30 heavy (non-hydrogen) atoms. The number of ketones is 1. The fourth-order valence-electron chi connectivity index (χ4n) is 3.35. The first kappa shape index (κ1) is 19.7. The third-order valence-electron chi connectivity index (χ3n) is 4.66. The van der Waals surface area contributed by atoms with Gasteiger partial charge in [0, 0.05) is 47.3 Å². The lowest BCUT2D eigenvalue weighted by molar-refractivity contribution is -0.114. The van der Waals surface area contributed by atoms with E-state index in [1.165, 1.54) is 13.8 Å². The topological polar surface area (TPSA) is 101 Å². The Balaban J connectivity index is 2.05. The first-order chi connectivity index (χ1) is 14.3. The summed E-state index contributed by atoms with van der Waals surface area (Å²) in [6.07, 6.45) is 3.36. The molecule has 4 heterocycles. The minimum Gasteiger partial charge on any atom is -0.352 e. The molecular formula is C22H18ClN5O2. The van der Waals surface area contributed by atoms with Crippen molar-refractivity contribution in [3.63, 3.8) is 0 Å². The van der Waals surface area contributed by atoms with Crippen LogP contribution in [0.4, 0.5) is 5.82 Å². The monoisotopic (exact) mass is 419 g/mol. The van der Waals surface area contributed by atoms with Gasteiger partial charge in [-0.2, -0.15) is 0 Å². The Labute approximate surface area is 177 Å². The van der Waals surface area contributed by atoms with Crippen LogP contribution >= 0.6 is 11.6 Å². The summed E-state index contributed by atoms with van der Waals surface area (Å²) in [7, 11) is 0. The number of rotatable bonds is 4. The van der Waals surface area contributed by atoms with Gasteiger partial charge in [0.1, 0.15) is 11.0 Å². The number of H-pyrrole nitrogens is 1. The van der Waals surface area contributed by atoms with E-state index in [-0.39, 0.29) is 16.8 Å². The van der Waals surface area contributed by atoms with E-state index in [4.69, 9.17) is 11.6 Å². The fourth-order valence-corrected chi connectivity index (χ4v) is 3.55. The number of hydrogen-bond acceptors (Lipinski definition) is 5. The molecule has 0 aliphatic carbocycles. The van der Waals surface area contributed by atoms with Crippen LogP contribution in [0.25, 0.3) is 33.4 Å². The zero-order chi connectivity index (χ0) is 21.4. The SMILES string of the molecule is CC(=O)Nc1cc(-c2[nH]c3c(C(C)=O)cc(Cl)nc3c2-c2ccc(C)nc2)ccn1. The Morgan fingerprint density at radius 2 is 1.87 bits per heavy atom. The van der Waals surface area contributed by atoms with Crippen molar-refractivity contribution in [2.45, 2.75) is 20.8 Å². The smallest absolute Gasteiger partial charge is 0.222 e. The van der Waals surface area contributed by atoms with Crippen molar-refractivity contribution >= 4 is 40.1 Å². The maximum Gasteiger partial charge on any atom is 0.222 e. The molecule has 4 rings (SSSR count). The number of nitrogens with zero attached hydrogens (tertiary/aromatic N) is 3. The molecule has 4 aromatic heterocycles. The van der Waals surface area contributed by atoms with E-state index in [1.54, 1.807) is 24.5 Å². The number of carbonyl (C=O) groups is 2. The van der Waals surface area contributed by atoms with Crippen LogP contribution in [0, 0.1) is 6.92 Å². The number of aromatic nitrogens is 4. The number of halogens is 1. The third-order valence-corrected chi connectivity index (χ3v) is 4.85. The average Bonchev–Trinajstić information content (AvgIpc) is 3.07. The molecule has 0 fully saturated rings. The maximum absolute atomic E-state index is 12.2. The van der Waals surface area contributed by atoms with Gasteiger partial charge in [-0.25, -0.2) is 9.97 Å². The molecule has 0 atom stereocenters. The molecule has 8 heteroatoms. The van der Waals surface area contributed by atoms with Crippen molar-refractivity contribution in [1.82, 2.24) is 19.9 Å². The van der Waals surface area contributed by atoms with E-state index in [1.807, 2.05) is 25.1 Å². The molecule has 1 amide bonds. The van der Waals surface area contributed by atoms with E-state index in [0.29, 0.717) is 22.4 Å². The molecule has 0 bridgehead atoms. The zero-order valence-electron chi connectivity index (χ0n) is 16.6.